The molecule has 0 radical (unpaired) electrons. The first-order valence-electron chi connectivity index (χ1n) is 8.32. The molecule has 1 N–H and O–H groups in total. The standard InChI is InChI=1S/C19H16ClN3O2S2/c1-10-7-13(11(2)27-10)16-9-26-19(21-16)22-18(24)17-8-15(23-25-17)12-5-3-4-6-14(12)20/h3-7,9,17H,8H2,1-2H3,(H,21,22,24)/t17-/m0/s1. The van der Waals surface area contributed by atoms with E-state index in [9.17, 15) is 4.79 Å². The molecule has 0 unspecified atom stereocenters. The average molecular weight is 418 g/mol. The number of hydrogen-bond acceptors (Lipinski definition) is 6. The monoisotopic (exact) mass is 417 g/mol. The van der Waals surface area contributed by atoms with E-state index in [0.717, 1.165) is 16.8 Å². The topological polar surface area (TPSA) is 63.6 Å². The van der Waals surface area contributed by atoms with Crippen molar-refractivity contribution >= 4 is 51.0 Å². The second-order valence-corrected chi connectivity index (χ2v) is 8.90. The van der Waals surface area contributed by atoms with Crippen molar-refractivity contribution in [1.29, 1.82) is 0 Å². The van der Waals surface area contributed by atoms with Gasteiger partial charge < -0.3 is 4.84 Å². The minimum absolute atomic E-state index is 0.264. The van der Waals surface area contributed by atoms with Crippen LogP contribution in [0.15, 0.2) is 40.9 Å². The number of aromatic nitrogens is 1. The number of halogens is 1. The number of nitrogens with zero attached hydrogens (tertiary/aromatic N) is 2. The molecule has 0 spiro atoms. The van der Waals surface area contributed by atoms with E-state index in [0.29, 0.717) is 22.3 Å². The second kappa shape index (κ2) is 7.42. The van der Waals surface area contributed by atoms with Crippen molar-refractivity contribution in [3.05, 3.63) is 56.1 Å². The molecule has 1 aliphatic rings. The molecular formula is C19H16ClN3O2S2. The van der Waals surface area contributed by atoms with Crippen LogP contribution in [0.5, 0.6) is 0 Å². The highest BCUT2D eigenvalue weighted by atomic mass is 35.5. The van der Waals surface area contributed by atoms with Gasteiger partial charge in [0.2, 0.25) is 6.10 Å². The van der Waals surface area contributed by atoms with E-state index in [1.807, 2.05) is 23.6 Å². The van der Waals surface area contributed by atoms with Gasteiger partial charge in [-0.3, -0.25) is 10.1 Å². The van der Waals surface area contributed by atoms with E-state index >= 15 is 0 Å². The third kappa shape index (κ3) is 3.76. The van der Waals surface area contributed by atoms with E-state index in [-0.39, 0.29) is 5.91 Å². The Balaban J connectivity index is 1.42. The number of nitrogens with one attached hydrogen (secondary N) is 1. The van der Waals surface area contributed by atoms with Crippen molar-refractivity contribution in [2.24, 2.45) is 5.16 Å². The number of rotatable bonds is 4. The number of benzene rings is 1. The Morgan fingerprint density at radius 3 is 2.85 bits per heavy atom. The van der Waals surface area contributed by atoms with Gasteiger partial charge in [-0.25, -0.2) is 4.98 Å². The Labute approximate surface area is 169 Å². The predicted molar refractivity (Wildman–Crippen MR) is 111 cm³/mol. The van der Waals surface area contributed by atoms with Crippen LogP contribution in [0.3, 0.4) is 0 Å². The SMILES string of the molecule is Cc1cc(-c2csc(NC(=O)[C@@H]3CC(c4ccccc4Cl)=NO3)n2)c(C)s1. The number of thiophene rings is 1. The fourth-order valence-electron chi connectivity index (χ4n) is 2.90. The molecule has 4 rings (SSSR count). The fourth-order valence-corrected chi connectivity index (χ4v) is 4.79. The van der Waals surface area contributed by atoms with Gasteiger partial charge in [0.1, 0.15) is 0 Å². The van der Waals surface area contributed by atoms with E-state index in [2.05, 4.69) is 35.4 Å². The maximum absolute atomic E-state index is 12.5. The third-order valence-electron chi connectivity index (χ3n) is 4.20. The van der Waals surface area contributed by atoms with Crippen molar-refractivity contribution in [1.82, 2.24) is 4.98 Å². The smallest absolute Gasteiger partial charge is 0.270 e. The molecule has 1 amide bonds. The molecule has 0 saturated carbocycles. The van der Waals surface area contributed by atoms with Gasteiger partial charge in [-0.2, -0.15) is 0 Å². The summed E-state index contributed by atoms with van der Waals surface area (Å²) in [6.45, 7) is 4.15. The Kier molecular flexibility index (Phi) is 4.99. The summed E-state index contributed by atoms with van der Waals surface area (Å²) in [6, 6.07) is 9.50. The van der Waals surface area contributed by atoms with Gasteiger partial charge in [0.25, 0.3) is 5.91 Å². The largest absolute Gasteiger partial charge is 0.382 e. The lowest BCUT2D eigenvalue weighted by Crippen LogP contribution is -2.28. The van der Waals surface area contributed by atoms with Crippen molar-refractivity contribution in [2.45, 2.75) is 26.4 Å². The number of anilines is 1. The number of aryl methyl sites for hydroxylation is 2. The number of hydrogen-bond donors (Lipinski definition) is 1. The fraction of sp³-hybridized carbons (Fsp3) is 0.211. The van der Waals surface area contributed by atoms with Crippen LogP contribution < -0.4 is 5.32 Å². The minimum atomic E-state index is -0.686. The first-order valence-corrected chi connectivity index (χ1v) is 10.4. The summed E-state index contributed by atoms with van der Waals surface area (Å²) in [5.41, 5.74) is 3.44. The Hall–Kier alpha value is -2.22. The van der Waals surface area contributed by atoms with Crippen molar-refractivity contribution in [2.75, 3.05) is 5.32 Å². The quantitative estimate of drug-likeness (QED) is 0.628. The normalized spacial score (nSPS) is 16.1. The maximum Gasteiger partial charge on any atom is 0.270 e. The number of carbonyl (C=O) groups is 1. The Morgan fingerprint density at radius 2 is 2.11 bits per heavy atom. The van der Waals surface area contributed by atoms with Gasteiger partial charge in [-0.05, 0) is 26.0 Å². The molecule has 1 atom stereocenters. The number of carbonyl (C=O) groups excluding carboxylic acids is 1. The molecule has 0 saturated heterocycles. The van der Waals surface area contributed by atoms with Gasteiger partial charge in [0.05, 0.1) is 11.4 Å². The van der Waals surface area contributed by atoms with Crippen LogP contribution in [0, 0.1) is 13.8 Å². The molecule has 1 aromatic carbocycles. The summed E-state index contributed by atoms with van der Waals surface area (Å²) >= 11 is 9.33. The maximum atomic E-state index is 12.5. The van der Waals surface area contributed by atoms with E-state index in [1.165, 1.54) is 21.1 Å². The summed E-state index contributed by atoms with van der Waals surface area (Å²) < 4.78 is 0. The molecule has 0 bridgehead atoms. The molecule has 1 aliphatic heterocycles. The van der Waals surface area contributed by atoms with Gasteiger partial charge in [0, 0.05) is 37.7 Å². The molecule has 27 heavy (non-hydrogen) atoms. The molecule has 2 aromatic heterocycles. The van der Waals surface area contributed by atoms with Gasteiger partial charge in [-0.15, -0.1) is 22.7 Å². The highest BCUT2D eigenvalue weighted by molar-refractivity contribution is 7.14. The summed E-state index contributed by atoms with van der Waals surface area (Å²) in [5, 5.41) is 9.95. The third-order valence-corrected chi connectivity index (χ3v) is 6.25. The lowest BCUT2D eigenvalue weighted by molar-refractivity contribution is -0.125. The first kappa shape index (κ1) is 18.2. The van der Waals surface area contributed by atoms with Gasteiger partial charge >= 0.3 is 0 Å². The van der Waals surface area contributed by atoms with Crippen LogP contribution in [0.25, 0.3) is 11.3 Å². The van der Waals surface area contributed by atoms with Gasteiger partial charge in [0.15, 0.2) is 5.13 Å². The molecule has 0 aliphatic carbocycles. The lowest BCUT2D eigenvalue weighted by atomic mass is 10.0. The Bertz CT molecular complexity index is 1040. The average Bonchev–Trinajstić information content (AvgIpc) is 3.35. The molecule has 8 heteroatoms. The zero-order valence-corrected chi connectivity index (χ0v) is 17.0. The van der Waals surface area contributed by atoms with Crippen LogP contribution in [0.2, 0.25) is 5.02 Å². The molecule has 3 heterocycles. The zero-order valence-electron chi connectivity index (χ0n) is 14.7. The molecule has 5 nitrogen and oxygen atoms in total. The molecule has 3 aromatic rings. The zero-order chi connectivity index (χ0) is 19.0. The highest BCUT2D eigenvalue weighted by Gasteiger charge is 2.30. The van der Waals surface area contributed by atoms with Crippen molar-refractivity contribution < 1.29 is 9.63 Å². The van der Waals surface area contributed by atoms with Crippen LogP contribution in [0.4, 0.5) is 5.13 Å². The Morgan fingerprint density at radius 1 is 1.30 bits per heavy atom. The molecule has 138 valence electrons. The minimum Gasteiger partial charge on any atom is -0.382 e. The number of amides is 1. The summed E-state index contributed by atoms with van der Waals surface area (Å²) in [6.07, 6.45) is -0.315. The molecule has 0 fully saturated rings. The predicted octanol–water partition coefficient (Wildman–Crippen LogP) is 5.27. The van der Waals surface area contributed by atoms with Crippen LogP contribution in [-0.2, 0) is 9.63 Å². The van der Waals surface area contributed by atoms with Crippen LogP contribution in [0.1, 0.15) is 21.7 Å². The van der Waals surface area contributed by atoms with E-state index < -0.39 is 6.10 Å². The van der Waals surface area contributed by atoms with E-state index in [1.54, 1.807) is 17.4 Å². The van der Waals surface area contributed by atoms with Crippen LogP contribution in [-0.4, -0.2) is 22.7 Å². The number of oxime groups is 1. The van der Waals surface area contributed by atoms with Gasteiger partial charge in [-0.1, -0.05) is 35.0 Å². The van der Waals surface area contributed by atoms with Crippen molar-refractivity contribution in [3.8, 4) is 11.3 Å². The first-order chi connectivity index (χ1) is 13.0. The summed E-state index contributed by atoms with van der Waals surface area (Å²) in [7, 11) is 0. The second-order valence-electron chi connectivity index (χ2n) is 6.17. The molecular weight excluding hydrogens is 402 g/mol. The highest BCUT2D eigenvalue weighted by Crippen LogP contribution is 2.33. The lowest BCUT2D eigenvalue weighted by Gasteiger charge is -2.07. The summed E-state index contributed by atoms with van der Waals surface area (Å²) in [5.74, 6) is -0.264. The summed E-state index contributed by atoms with van der Waals surface area (Å²) in [4.78, 5) is 24.8. The van der Waals surface area contributed by atoms with Crippen molar-refractivity contribution in [3.63, 3.8) is 0 Å². The van der Waals surface area contributed by atoms with E-state index in [4.69, 9.17) is 16.4 Å². The number of thiazole rings is 1. The van der Waals surface area contributed by atoms with Crippen LogP contribution >= 0.6 is 34.3 Å².